The first kappa shape index (κ1) is 18.2. The Bertz CT molecular complexity index is 1220. The van der Waals surface area contributed by atoms with Crippen LogP contribution in [-0.4, -0.2) is 32.6 Å². The number of aromatic nitrogens is 5. The molecule has 0 aliphatic rings. The summed E-state index contributed by atoms with van der Waals surface area (Å²) in [6.45, 7) is 6.01. The smallest absolute Gasteiger partial charge is 0.265 e. The van der Waals surface area contributed by atoms with Crippen molar-refractivity contribution < 1.29 is 8.42 Å². The molecule has 0 saturated carbocycles. The molecule has 3 heterocycles. The molecule has 8 nitrogen and oxygen atoms in total. The molecule has 0 amide bonds. The van der Waals surface area contributed by atoms with Crippen LogP contribution in [0.4, 0.5) is 5.69 Å². The molecule has 1 aromatic carbocycles. The Balaban J connectivity index is 1.61. The van der Waals surface area contributed by atoms with Crippen LogP contribution in [0.15, 0.2) is 53.8 Å². The lowest BCUT2D eigenvalue weighted by Gasteiger charge is -2.09. The first-order valence-electron chi connectivity index (χ1n) is 8.86. The van der Waals surface area contributed by atoms with E-state index in [4.69, 9.17) is 0 Å². The summed E-state index contributed by atoms with van der Waals surface area (Å²) in [5, 5.41) is 4.29. The molecule has 3 aromatic heterocycles. The molecule has 0 saturated heterocycles. The summed E-state index contributed by atoms with van der Waals surface area (Å²) in [6, 6.07) is 8.93. The summed E-state index contributed by atoms with van der Waals surface area (Å²) >= 11 is 0. The maximum Gasteiger partial charge on any atom is 0.265 e. The predicted octanol–water partition coefficient (Wildman–Crippen LogP) is 3.03. The molecule has 144 valence electrons. The normalized spacial score (nSPS) is 11.8. The molecule has 0 aliphatic carbocycles. The molecule has 28 heavy (non-hydrogen) atoms. The van der Waals surface area contributed by atoms with E-state index < -0.39 is 10.0 Å². The van der Waals surface area contributed by atoms with Crippen molar-refractivity contribution in [3.63, 3.8) is 0 Å². The van der Waals surface area contributed by atoms with Crippen LogP contribution in [0.3, 0.4) is 0 Å². The SMILES string of the molecule is CCn1nc(C)c(S(=O)(=O)Nc2ccc(-c3cn4cccnc4n3)cc2)c1C. The zero-order chi connectivity index (χ0) is 19.9. The number of nitrogens with one attached hydrogen (secondary N) is 1. The van der Waals surface area contributed by atoms with E-state index in [0.717, 1.165) is 11.3 Å². The van der Waals surface area contributed by atoms with Gasteiger partial charge in [0.25, 0.3) is 10.0 Å². The third kappa shape index (κ3) is 3.13. The summed E-state index contributed by atoms with van der Waals surface area (Å²) < 4.78 is 31.9. The second-order valence-electron chi connectivity index (χ2n) is 6.45. The molecule has 0 fully saturated rings. The van der Waals surface area contributed by atoms with Gasteiger partial charge in [-0.2, -0.15) is 5.10 Å². The molecule has 0 aliphatic heterocycles. The van der Waals surface area contributed by atoms with Crippen molar-refractivity contribution in [2.45, 2.75) is 32.2 Å². The molecule has 0 bridgehead atoms. The van der Waals surface area contributed by atoms with Crippen molar-refractivity contribution in [2.75, 3.05) is 4.72 Å². The number of anilines is 1. The summed E-state index contributed by atoms with van der Waals surface area (Å²) in [5.74, 6) is 0.612. The van der Waals surface area contributed by atoms with Crippen LogP contribution in [0.1, 0.15) is 18.3 Å². The fraction of sp³-hybridized carbons (Fsp3) is 0.211. The van der Waals surface area contributed by atoms with Crippen molar-refractivity contribution in [2.24, 2.45) is 0 Å². The Morgan fingerprint density at radius 1 is 1.14 bits per heavy atom. The van der Waals surface area contributed by atoms with Gasteiger partial charge in [-0.05, 0) is 39.0 Å². The van der Waals surface area contributed by atoms with E-state index in [9.17, 15) is 8.42 Å². The van der Waals surface area contributed by atoms with E-state index in [2.05, 4.69) is 19.8 Å². The monoisotopic (exact) mass is 396 g/mol. The number of aryl methyl sites for hydroxylation is 2. The number of hydrogen-bond acceptors (Lipinski definition) is 5. The fourth-order valence-electron chi connectivity index (χ4n) is 3.26. The van der Waals surface area contributed by atoms with Crippen molar-refractivity contribution in [1.82, 2.24) is 24.1 Å². The standard InChI is InChI=1S/C19H20N6O2S/c1-4-25-14(3)18(13(2)22-25)28(26,27)23-16-8-6-15(7-9-16)17-12-24-11-5-10-20-19(24)21-17/h5-12,23H,4H2,1-3H3. The van der Waals surface area contributed by atoms with Crippen molar-refractivity contribution in [3.05, 3.63) is 60.3 Å². The molecule has 0 unspecified atom stereocenters. The number of fused-ring (bicyclic) bond motifs is 1. The highest BCUT2D eigenvalue weighted by atomic mass is 32.2. The molecule has 4 rings (SSSR count). The highest BCUT2D eigenvalue weighted by molar-refractivity contribution is 7.92. The lowest BCUT2D eigenvalue weighted by atomic mass is 10.1. The minimum absolute atomic E-state index is 0.227. The molecular weight excluding hydrogens is 376 g/mol. The van der Waals surface area contributed by atoms with Gasteiger partial charge in [0.15, 0.2) is 0 Å². The maximum atomic E-state index is 12.9. The van der Waals surface area contributed by atoms with Gasteiger partial charge in [0, 0.05) is 36.4 Å². The van der Waals surface area contributed by atoms with Crippen LogP contribution in [0, 0.1) is 13.8 Å². The number of rotatable bonds is 5. The van der Waals surface area contributed by atoms with Gasteiger partial charge in [0.05, 0.1) is 17.1 Å². The first-order valence-corrected chi connectivity index (χ1v) is 10.3. The van der Waals surface area contributed by atoms with Gasteiger partial charge in [0.2, 0.25) is 5.78 Å². The van der Waals surface area contributed by atoms with Crippen LogP contribution in [0.25, 0.3) is 17.0 Å². The van der Waals surface area contributed by atoms with Crippen LogP contribution in [0.2, 0.25) is 0 Å². The third-order valence-electron chi connectivity index (χ3n) is 4.55. The fourth-order valence-corrected chi connectivity index (χ4v) is 4.73. The Morgan fingerprint density at radius 2 is 1.89 bits per heavy atom. The van der Waals surface area contributed by atoms with Crippen LogP contribution >= 0.6 is 0 Å². The molecule has 0 atom stereocenters. The lowest BCUT2D eigenvalue weighted by molar-refractivity contribution is 0.598. The van der Waals surface area contributed by atoms with Crippen molar-refractivity contribution >= 4 is 21.5 Å². The maximum absolute atomic E-state index is 12.9. The zero-order valence-corrected chi connectivity index (χ0v) is 16.6. The lowest BCUT2D eigenvalue weighted by Crippen LogP contribution is -2.15. The molecule has 1 N–H and O–H groups in total. The predicted molar refractivity (Wildman–Crippen MR) is 107 cm³/mol. The quantitative estimate of drug-likeness (QED) is 0.560. The van der Waals surface area contributed by atoms with Crippen molar-refractivity contribution in [1.29, 1.82) is 0 Å². The van der Waals surface area contributed by atoms with Crippen molar-refractivity contribution in [3.8, 4) is 11.3 Å². The van der Waals surface area contributed by atoms with Gasteiger partial charge in [-0.25, -0.2) is 18.4 Å². The van der Waals surface area contributed by atoms with E-state index in [0.29, 0.717) is 29.4 Å². The second kappa shape index (κ2) is 6.75. The molecule has 4 aromatic rings. The number of imidazole rings is 1. The average molecular weight is 396 g/mol. The number of nitrogens with zero attached hydrogens (tertiary/aromatic N) is 5. The Kier molecular flexibility index (Phi) is 4.38. The first-order chi connectivity index (χ1) is 13.4. The Morgan fingerprint density at radius 3 is 2.54 bits per heavy atom. The Labute approximate surface area is 162 Å². The summed E-state index contributed by atoms with van der Waals surface area (Å²) in [6.07, 6.45) is 5.45. The average Bonchev–Trinajstić information content (AvgIpc) is 3.22. The summed E-state index contributed by atoms with van der Waals surface area (Å²) in [5.41, 5.74) is 3.24. The number of hydrogen-bond donors (Lipinski definition) is 1. The molecular formula is C19H20N6O2S. The summed E-state index contributed by atoms with van der Waals surface area (Å²) in [7, 11) is -3.73. The molecule has 0 spiro atoms. The van der Waals surface area contributed by atoms with E-state index in [1.54, 1.807) is 36.9 Å². The van der Waals surface area contributed by atoms with Gasteiger partial charge < -0.3 is 0 Å². The van der Waals surface area contributed by atoms with Crippen LogP contribution in [0.5, 0.6) is 0 Å². The van der Waals surface area contributed by atoms with Crippen LogP contribution in [-0.2, 0) is 16.6 Å². The van der Waals surface area contributed by atoms with E-state index in [1.807, 2.05) is 41.9 Å². The van der Waals surface area contributed by atoms with E-state index in [-0.39, 0.29) is 4.90 Å². The molecule has 9 heteroatoms. The van der Waals surface area contributed by atoms with Gasteiger partial charge in [-0.1, -0.05) is 12.1 Å². The molecule has 0 radical (unpaired) electrons. The minimum atomic E-state index is -3.73. The number of benzene rings is 1. The zero-order valence-electron chi connectivity index (χ0n) is 15.8. The van der Waals surface area contributed by atoms with Gasteiger partial charge in [-0.3, -0.25) is 13.8 Å². The largest absolute Gasteiger partial charge is 0.291 e. The second-order valence-corrected chi connectivity index (χ2v) is 8.07. The van der Waals surface area contributed by atoms with Gasteiger partial charge in [-0.15, -0.1) is 0 Å². The Hall–Kier alpha value is -3.20. The topological polar surface area (TPSA) is 94.2 Å². The van der Waals surface area contributed by atoms with Gasteiger partial charge >= 0.3 is 0 Å². The van der Waals surface area contributed by atoms with Crippen LogP contribution < -0.4 is 4.72 Å². The van der Waals surface area contributed by atoms with Gasteiger partial charge in [0.1, 0.15) is 4.90 Å². The summed E-state index contributed by atoms with van der Waals surface area (Å²) in [4.78, 5) is 8.90. The highest BCUT2D eigenvalue weighted by Crippen LogP contribution is 2.25. The highest BCUT2D eigenvalue weighted by Gasteiger charge is 2.24. The van der Waals surface area contributed by atoms with E-state index >= 15 is 0 Å². The van der Waals surface area contributed by atoms with E-state index in [1.165, 1.54) is 0 Å². The number of sulfonamides is 1. The minimum Gasteiger partial charge on any atom is -0.291 e. The third-order valence-corrected chi connectivity index (χ3v) is 6.18.